The molecule has 0 radical (unpaired) electrons. The largest absolute Gasteiger partial charge is 0.488 e. The van der Waals surface area contributed by atoms with Crippen LogP contribution in [0.15, 0.2) is 27.5 Å². The smallest absolute Gasteiger partial charge is 0.381 e. The average Bonchev–Trinajstić information content (AvgIpc) is 3.53. The lowest BCUT2D eigenvalue weighted by atomic mass is 10.2. The Hall–Kier alpha value is -3.39. The molecular weight excluding hydrogens is 474 g/mol. The summed E-state index contributed by atoms with van der Waals surface area (Å²) in [6, 6.07) is 2.78. The Morgan fingerprint density at radius 2 is 2.21 bits per heavy atom. The van der Waals surface area contributed by atoms with Crippen LogP contribution in [0.3, 0.4) is 0 Å². The Kier molecular flexibility index (Phi) is 7.17. The summed E-state index contributed by atoms with van der Waals surface area (Å²) in [5.41, 5.74) is 0.172. The van der Waals surface area contributed by atoms with Crippen LogP contribution < -0.4 is 21.0 Å². The van der Waals surface area contributed by atoms with Gasteiger partial charge in [-0.1, -0.05) is 11.3 Å². The number of hydrogen-bond acceptors (Lipinski definition) is 10. The molecule has 2 N–H and O–H groups in total. The molecule has 0 bridgehead atoms. The van der Waals surface area contributed by atoms with Crippen molar-refractivity contribution >= 4 is 28.1 Å². The van der Waals surface area contributed by atoms with Crippen LogP contribution in [0, 0.1) is 6.92 Å². The number of amides is 1. The molecule has 182 valence electrons. The standard InChI is InChI=1S/C20H22F2N6O5S/c1-10-6-7-23-28(10)20-27-26-19(34-20)25-17(29)14-8-12(16(31-2)18(30)33-14)24-11-4-3-5-13(11)32-9-15(21)22/h6-8,11,13,15,24H,3-5,9H2,1-2H3,(H,25,26,29)/t11-,13+/m0/s1. The first-order valence-electron chi connectivity index (χ1n) is 10.4. The fourth-order valence-corrected chi connectivity index (χ4v) is 4.42. The first-order valence-corrected chi connectivity index (χ1v) is 11.2. The number of nitrogens with one attached hydrogen (secondary N) is 2. The zero-order valence-electron chi connectivity index (χ0n) is 18.3. The van der Waals surface area contributed by atoms with Crippen molar-refractivity contribution in [3.8, 4) is 10.9 Å². The number of alkyl halides is 2. The number of carbonyl (C=O) groups excluding carboxylic acids is 1. The molecule has 0 saturated heterocycles. The molecule has 4 rings (SSSR count). The van der Waals surface area contributed by atoms with Crippen molar-refractivity contribution in [2.45, 2.75) is 44.8 Å². The van der Waals surface area contributed by atoms with E-state index in [1.807, 2.05) is 6.92 Å². The Morgan fingerprint density at radius 1 is 1.38 bits per heavy atom. The van der Waals surface area contributed by atoms with E-state index in [2.05, 4.69) is 25.9 Å². The van der Waals surface area contributed by atoms with Crippen LogP contribution >= 0.6 is 11.3 Å². The lowest BCUT2D eigenvalue weighted by molar-refractivity contribution is -0.0242. The lowest BCUT2D eigenvalue weighted by Crippen LogP contribution is -2.32. The molecule has 1 aliphatic carbocycles. The van der Waals surface area contributed by atoms with Gasteiger partial charge in [0.05, 0.1) is 24.9 Å². The van der Waals surface area contributed by atoms with Gasteiger partial charge < -0.3 is 19.2 Å². The molecule has 1 fully saturated rings. The highest BCUT2D eigenvalue weighted by molar-refractivity contribution is 7.17. The zero-order chi connectivity index (χ0) is 24.2. The Bertz CT molecular complexity index is 1210. The third-order valence-corrected chi connectivity index (χ3v) is 6.03. The van der Waals surface area contributed by atoms with Crippen LogP contribution in [-0.4, -0.2) is 58.2 Å². The number of aromatic nitrogens is 4. The average molecular weight is 496 g/mol. The minimum atomic E-state index is -2.58. The van der Waals surface area contributed by atoms with Gasteiger partial charge in [0.2, 0.25) is 16.0 Å². The van der Waals surface area contributed by atoms with Gasteiger partial charge in [-0.15, -0.1) is 10.2 Å². The van der Waals surface area contributed by atoms with Gasteiger partial charge in [-0.3, -0.25) is 10.1 Å². The molecule has 3 aromatic rings. The van der Waals surface area contributed by atoms with Gasteiger partial charge in [-0.05, 0) is 32.3 Å². The number of hydrogen-bond donors (Lipinski definition) is 2. The maximum absolute atomic E-state index is 12.8. The summed E-state index contributed by atoms with van der Waals surface area (Å²) in [5, 5.41) is 18.3. The second-order valence-electron chi connectivity index (χ2n) is 7.52. The van der Waals surface area contributed by atoms with Gasteiger partial charge in [0.25, 0.3) is 12.3 Å². The van der Waals surface area contributed by atoms with Crippen LogP contribution in [0.2, 0.25) is 0 Å². The minimum absolute atomic E-state index is 0.136. The van der Waals surface area contributed by atoms with Gasteiger partial charge in [-0.2, -0.15) is 5.10 Å². The summed E-state index contributed by atoms with van der Waals surface area (Å²) in [4.78, 5) is 25.2. The lowest BCUT2D eigenvalue weighted by Gasteiger charge is -2.23. The van der Waals surface area contributed by atoms with Crippen molar-refractivity contribution in [3.63, 3.8) is 0 Å². The molecule has 1 saturated carbocycles. The predicted octanol–water partition coefficient (Wildman–Crippen LogP) is 2.86. The Balaban J connectivity index is 1.52. The normalized spacial score (nSPS) is 17.8. The predicted molar refractivity (Wildman–Crippen MR) is 118 cm³/mol. The van der Waals surface area contributed by atoms with E-state index in [0.29, 0.717) is 18.0 Å². The van der Waals surface area contributed by atoms with E-state index in [0.717, 1.165) is 23.5 Å². The molecule has 14 heteroatoms. The first-order chi connectivity index (χ1) is 16.4. The second-order valence-corrected chi connectivity index (χ2v) is 8.47. The van der Waals surface area contributed by atoms with E-state index in [-0.39, 0.29) is 28.4 Å². The number of rotatable bonds is 9. The highest BCUT2D eigenvalue weighted by Crippen LogP contribution is 2.30. The number of halogens is 2. The van der Waals surface area contributed by atoms with E-state index in [1.165, 1.54) is 13.2 Å². The van der Waals surface area contributed by atoms with Gasteiger partial charge >= 0.3 is 5.63 Å². The van der Waals surface area contributed by atoms with Crippen molar-refractivity contribution < 1.29 is 27.5 Å². The maximum atomic E-state index is 12.8. The second kappa shape index (κ2) is 10.3. The fraction of sp³-hybridized carbons (Fsp3) is 0.450. The van der Waals surface area contributed by atoms with Crippen LogP contribution in [0.5, 0.6) is 5.75 Å². The van der Waals surface area contributed by atoms with Crippen molar-refractivity contribution in [1.82, 2.24) is 20.0 Å². The molecule has 1 amide bonds. The topological polar surface area (TPSA) is 133 Å². The summed E-state index contributed by atoms with van der Waals surface area (Å²) in [6.45, 7) is 1.17. The molecule has 0 unspecified atom stereocenters. The zero-order valence-corrected chi connectivity index (χ0v) is 19.1. The number of carbonyl (C=O) groups is 1. The van der Waals surface area contributed by atoms with Crippen molar-refractivity contribution in [3.05, 3.63) is 40.2 Å². The van der Waals surface area contributed by atoms with Gasteiger partial charge in [-0.25, -0.2) is 18.3 Å². The summed E-state index contributed by atoms with van der Waals surface area (Å²) < 4.78 is 42.2. The van der Waals surface area contributed by atoms with E-state index in [1.54, 1.807) is 16.9 Å². The molecule has 11 nitrogen and oxygen atoms in total. The summed E-state index contributed by atoms with van der Waals surface area (Å²) in [5.74, 6) is -1.15. The molecule has 3 heterocycles. The number of aryl methyl sites for hydroxylation is 1. The summed E-state index contributed by atoms with van der Waals surface area (Å²) >= 11 is 1.09. The van der Waals surface area contributed by atoms with Crippen molar-refractivity contribution in [2.24, 2.45) is 0 Å². The Labute approximate surface area is 196 Å². The van der Waals surface area contributed by atoms with Gasteiger partial charge in [0, 0.05) is 18.0 Å². The number of anilines is 2. The third kappa shape index (κ3) is 5.22. The van der Waals surface area contributed by atoms with Crippen LogP contribution in [0.25, 0.3) is 5.13 Å². The highest BCUT2D eigenvalue weighted by atomic mass is 32.1. The first kappa shape index (κ1) is 23.8. The monoisotopic (exact) mass is 496 g/mol. The summed E-state index contributed by atoms with van der Waals surface area (Å²) in [7, 11) is 1.29. The molecular formula is C20H22F2N6O5S. The van der Waals surface area contributed by atoms with Gasteiger partial charge in [0.15, 0.2) is 5.76 Å². The van der Waals surface area contributed by atoms with E-state index in [9.17, 15) is 18.4 Å². The van der Waals surface area contributed by atoms with E-state index >= 15 is 0 Å². The molecule has 0 spiro atoms. The number of nitrogens with zero attached hydrogens (tertiary/aromatic N) is 4. The fourth-order valence-electron chi connectivity index (χ4n) is 3.66. The van der Waals surface area contributed by atoms with Crippen LogP contribution in [0.1, 0.15) is 35.5 Å². The number of methoxy groups -OCH3 is 1. The number of ether oxygens (including phenoxy) is 2. The maximum Gasteiger partial charge on any atom is 0.381 e. The van der Waals surface area contributed by atoms with Crippen LogP contribution in [0.4, 0.5) is 19.6 Å². The molecule has 34 heavy (non-hydrogen) atoms. The molecule has 0 aromatic carbocycles. The highest BCUT2D eigenvalue weighted by Gasteiger charge is 2.30. The van der Waals surface area contributed by atoms with Crippen molar-refractivity contribution in [1.29, 1.82) is 0 Å². The summed E-state index contributed by atoms with van der Waals surface area (Å²) in [6.07, 6.45) is 0.568. The quantitative estimate of drug-likeness (QED) is 0.459. The van der Waals surface area contributed by atoms with Gasteiger partial charge in [0.1, 0.15) is 6.61 Å². The molecule has 1 aliphatic rings. The molecule has 3 aromatic heterocycles. The molecule has 2 atom stereocenters. The van der Waals surface area contributed by atoms with Crippen LogP contribution in [-0.2, 0) is 4.74 Å². The van der Waals surface area contributed by atoms with E-state index in [4.69, 9.17) is 13.9 Å². The van der Waals surface area contributed by atoms with Crippen molar-refractivity contribution in [2.75, 3.05) is 24.4 Å². The third-order valence-electron chi connectivity index (χ3n) is 5.21. The minimum Gasteiger partial charge on any atom is -0.488 e. The Morgan fingerprint density at radius 3 is 2.91 bits per heavy atom. The molecule has 0 aliphatic heterocycles. The SMILES string of the molecule is COc1c(N[C@H]2CCC[C@H]2OCC(F)F)cc(C(=O)Nc2nnc(-n3nccc3C)s2)oc1=O. The van der Waals surface area contributed by atoms with E-state index < -0.39 is 30.7 Å².